The lowest BCUT2D eigenvalue weighted by Crippen LogP contribution is -2.38. The summed E-state index contributed by atoms with van der Waals surface area (Å²) in [6, 6.07) is 1.52. The Labute approximate surface area is 68.7 Å². The summed E-state index contributed by atoms with van der Waals surface area (Å²) in [4.78, 5) is 0. The van der Waals surface area contributed by atoms with Crippen LogP contribution in [0.5, 0.6) is 0 Å². The molecule has 1 saturated carbocycles. The van der Waals surface area contributed by atoms with E-state index in [-0.39, 0.29) is 0 Å². The van der Waals surface area contributed by atoms with E-state index in [1.165, 1.54) is 32.4 Å². The van der Waals surface area contributed by atoms with Crippen LogP contribution in [0.25, 0.3) is 0 Å². The number of rotatable bonds is 3. The van der Waals surface area contributed by atoms with Crippen LogP contribution in [0.1, 0.15) is 26.2 Å². The van der Waals surface area contributed by atoms with Crippen LogP contribution < -0.4 is 10.6 Å². The Hall–Kier alpha value is -0.0800. The lowest BCUT2D eigenvalue weighted by Gasteiger charge is -2.17. The molecule has 0 bridgehead atoms. The van der Waals surface area contributed by atoms with Crippen molar-refractivity contribution in [2.75, 3.05) is 13.1 Å². The smallest absolute Gasteiger partial charge is 0.0207 e. The van der Waals surface area contributed by atoms with Crippen LogP contribution in [0.2, 0.25) is 0 Å². The molecule has 2 nitrogen and oxygen atoms in total. The molecule has 2 rings (SSSR count). The van der Waals surface area contributed by atoms with Crippen LogP contribution >= 0.6 is 0 Å². The highest BCUT2D eigenvalue weighted by atomic mass is 15.0. The zero-order chi connectivity index (χ0) is 7.68. The van der Waals surface area contributed by atoms with Crippen LogP contribution in [0.3, 0.4) is 0 Å². The second kappa shape index (κ2) is 3.11. The van der Waals surface area contributed by atoms with Gasteiger partial charge in [0.2, 0.25) is 0 Å². The summed E-state index contributed by atoms with van der Waals surface area (Å²) in [5.41, 5.74) is 0. The van der Waals surface area contributed by atoms with Crippen molar-refractivity contribution in [1.29, 1.82) is 0 Å². The Kier molecular flexibility index (Phi) is 2.14. The fourth-order valence-corrected chi connectivity index (χ4v) is 1.90. The van der Waals surface area contributed by atoms with Crippen molar-refractivity contribution in [1.82, 2.24) is 10.6 Å². The first-order valence-electron chi connectivity index (χ1n) is 4.83. The van der Waals surface area contributed by atoms with Gasteiger partial charge in [-0.2, -0.15) is 0 Å². The predicted octanol–water partition coefficient (Wildman–Crippen LogP) is 0.736. The number of hydrogen-bond acceptors (Lipinski definition) is 2. The zero-order valence-electron chi connectivity index (χ0n) is 7.27. The van der Waals surface area contributed by atoms with E-state index in [0.29, 0.717) is 0 Å². The van der Waals surface area contributed by atoms with Gasteiger partial charge in [-0.1, -0.05) is 0 Å². The van der Waals surface area contributed by atoms with Gasteiger partial charge in [0.15, 0.2) is 0 Å². The normalized spacial score (nSPS) is 34.1. The van der Waals surface area contributed by atoms with Crippen molar-refractivity contribution >= 4 is 0 Å². The van der Waals surface area contributed by atoms with E-state index in [9.17, 15) is 0 Å². The maximum absolute atomic E-state index is 3.68. The third-order valence-electron chi connectivity index (χ3n) is 2.89. The molecule has 2 atom stereocenters. The molecule has 0 radical (unpaired) electrons. The topological polar surface area (TPSA) is 24.1 Å². The molecule has 2 heteroatoms. The molecular weight excluding hydrogens is 136 g/mol. The molecule has 0 aromatic carbocycles. The second-order valence-electron chi connectivity index (χ2n) is 3.98. The van der Waals surface area contributed by atoms with Gasteiger partial charge in [0.1, 0.15) is 0 Å². The van der Waals surface area contributed by atoms with Crippen molar-refractivity contribution in [3.8, 4) is 0 Å². The first-order chi connectivity index (χ1) is 5.36. The summed E-state index contributed by atoms with van der Waals surface area (Å²) < 4.78 is 0. The van der Waals surface area contributed by atoms with Gasteiger partial charge in [0, 0.05) is 18.6 Å². The van der Waals surface area contributed by atoms with E-state index in [0.717, 1.165) is 18.0 Å². The van der Waals surface area contributed by atoms with E-state index in [1.54, 1.807) is 0 Å². The van der Waals surface area contributed by atoms with Gasteiger partial charge in [0.25, 0.3) is 0 Å². The molecule has 1 aliphatic heterocycles. The van der Waals surface area contributed by atoms with E-state index in [1.807, 2.05) is 0 Å². The van der Waals surface area contributed by atoms with Gasteiger partial charge in [0.05, 0.1) is 0 Å². The van der Waals surface area contributed by atoms with Gasteiger partial charge >= 0.3 is 0 Å². The van der Waals surface area contributed by atoms with Crippen LogP contribution in [0.15, 0.2) is 0 Å². The second-order valence-corrected chi connectivity index (χ2v) is 3.98. The maximum Gasteiger partial charge on any atom is 0.0207 e. The zero-order valence-corrected chi connectivity index (χ0v) is 7.27. The third-order valence-corrected chi connectivity index (χ3v) is 2.89. The quantitative estimate of drug-likeness (QED) is 0.626. The molecule has 11 heavy (non-hydrogen) atoms. The molecule has 1 saturated heterocycles. The molecule has 64 valence electrons. The van der Waals surface area contributed by atoms with Gasteiger partial charge in [-0.05, 0) is 38.6 Å². The Morgan fingerprint density at radius 1 is 1.36 bits per heavy atom. The Balaban J connectivity index is 1.70. The number of hydrogen-bond donors (Lipinski definition) is 2. The van der Waals surface area contributed by atoms with Crippen LogP contribution in [0.4, 0.5) is 0 Å². The molecule has 2 unspecified atom stereocenters. The van der Waals surface area contributed by atoms with Crippen molar-refractivity contribution in [2.24, 2.45) is 5.92 Å². The Morgan fingerprint density at radius 3 is 2.73 bits per heavy atom. The SMILES string of the molecule is CC(NC1CCNC1)C1CC1. The van der Waals surface area contributed by atoms with Crippen molar-refractivity contribution in [3.63, 3.8) is 0 Å². The average Bonchev–Trinajstić information content (AvgIpc) is 2.73. The molecule has 0 aromatic heterocycles. The minimum absolute atomic E-state index is 0.755. The van der Waals surface area contributed by atoms with Crippen LogP contribution in [0, 0.1) is 5.92 Å². The molecule has 2 aliphatic rings. The molecular formula is C9H18N2. The number of nitrogens with one attached hydrogen (secondary N) is 2. The Morgan fingerprint density at radius 2 is 2.18 bits per heavy atom. The summed E-state index contributed by atoms with van der Waals surface area (Å²) >= 11 is 0. The van der Waals surface area contributed by atoms with E-state index in [4.69, 9.17) is 0 Å². The first-order valence-corrected chi connectivity index (χ1v) is 4.83. The van der Waals surface area contributed by atoms with E-state index in [2.05, 4.69) is 17.6 Å². The highest BCUT2D eigenvalue weighted by molar-refractivity contribution is 4.87. The molecule has 1 aliphatic carbocycles. The van der Waals surface area contributed by atoms with Crippen molar-refractivity contribution in [3.05, 3.63) is 0 Å². The summed E-state index contributed by atoms with van der Waals surface area (Å²) in [7, 11) is 0. The van der Waals surface area contributed by atoms with Gasteiger partial charge < -0.3 is 10.6 Å². The van der Waals surface area contributed by atoms with Gasteiger partial charge in [-0.3, -0.25) is 0 Å². The van der Waals surface area contributed by atoms with Gasteiger partial charge in [-0.15, -0.1) is 0 Å². The molecule has 0 amide bonds. The Bertz CT molecular complexity index is 126. The fraction of sp³-hybridized carbons (Fsp3) is 1.00. The highest BCUT2D eigenvalue weighted by Crippen LogP contribution is 2.32. The molecule has 2 fully saturated rings. The van der Waals surface area contributed by atoms with Crippen molar-refractivity contribution in [2.45, 2.75) is 38.3 Å². The van der Waals surface area contributed by atoms with Crippen LogP contribution in [-0.2, 0) is 0 Å². The summed E-state index contributed by atoms with van der Waals surface area (Å²) in [5, 5.41) is 7.05. The van der Waals surface area contributed by atoms with Crippen molar-refractivity contribution < 1.29 is 0 Å². The minimum Gasteiger partial charge on any atom is -0.315 e. The van der Waals surface area contributed by atoms with E-state index < -0.39 is 0 Å². The van der Waals surface area contributed by atoms with Gasteiger partial charge in [-0.25, -0.2) is 0 Å². The molecule has 0 spiro atoms. The summed E-state index contributed by atoms with van der Waals surface area (Å²) in [6.45, 7) is 4.71. The molecule has 2 N–H and O–H groups in total. The maximum atomic E-state index is 3.68. The first kappa shape index (κ1) is 7.56. The summed E-state index contributed by atoms with van der Waals surface area (Å²) in [5.74, 6) is 0.996. The minimum atomic E-state index is 0.755. The lowest BCUT2D eigenvalue weighted by atomic mass is 10.1. The lowest BCUT2D eigenvalue weighted by molar-refractivity contribution is 0.431. The average molecular weight is 154 g/mol. The predicted molar refractivity (Wildman–Crippen MR) is 46.6 cm³/mol. The van der Waals surface area contributed by atoms with Crippen LogP contribution in [-0.4, -0.2) is 25.2 Å². The molecule has 1 heterocycles. The molecule has 0 aromatic rings. The fourth-order valence-electron chi connectivity index (χ4n) is 1.90. The third kappa shape index (κ3) is 1.94. The summed E-state index contributed by atoms with van der Waals surface area (Å²) in [6.07, 6.45) is 4.22. The van der Waals surface area contributed by atoms with E-state index >= 15 is 0 Å². The monoisotopic (exact) mass is 154 g/mol. The standard InChI is InChI=1S/C9H18N2/c1-7(8-2-3-8)11-9-4-5-10-6-9/h7-11H,2-6H2,1H3. The largest absolute Gasteiger partial charge is 0.315 e. The highest BCUT2D eigenvalue weighted by Gasteiger charge is 2.29.